The van der Waals surface area contributed by atoms with Crippen LogP contribution in [-0.2, 0) is 16.1 Å². The number of rotatable bonds is 5. The number of amides is 1. The molecule has 1 atom stereocenters. The average Bonchev–Trinajstić information content (AvgIpc) is 2.48. The lowest BCUT2D eigenvalue weighted by Gasteiger charge is -2.23. The van der Waals surface area contributed by atoms with E-state index in [4.69, 9.17) is 27.9 Å². The first-order chi connectivity index (χ1) is 10.5. The molecule has 1 amide bonds. The topological polar surface area (TPSA) is 59.6 Å². The molecule has 5 nitrogen and oxygen atoms in total. The minimum atomic E-state index is -3.03. The molecule has 9 heteroatoms. The van der Waals surface area contributed by atoms with Gasteiger partial charge in [-0.15, -0.1) is 0 Å². The van der Waals surface area contributed by atoms with Gasteiger partial charge in [0.05, 0.1) is 11.6 Å². The summed E-state index contributed by atoms with van der Waals surface area (Å²) >= 11 is 11.7. The predicted molar refractivity (Wildman–Crippen MR) is 77.6 cm³/mol. The highest BCUT2D eigenvalue weighted by Crippen LogP contribution is 2.33. The summed E-state index contributed by atoms with van der Waals surface area (Å²) in [5, 5.41) is 5.82. The average molecular weight is 355 g/mol. The van der Waals surface area contributed by atoms with Crippen LogP contribution >= 0.6 is 23.2 Å². The Kier molecular flexibility index (Phi) is 6.19. The van der Waals surface area contributed by atoms with Gasteiger partial charge in [0.2, 0.25) is 0 Å². The van der Waals surface area contributed by atoms with Crippen molar-refractivity contribution < 1.29 is 23.0 Å². The van der Waals surface area contributed by atoms with Gasteiger partial charge in [0.25, 0.3) is 5.91 Å². The number of hydrogen-bond donors (Lipinski definition) is 2. The number of morpholine rings is 1. The van der Waals surface area contributed by atoms with Crippen molar-refractivity contribution in [1.82, 2.24) is 10.6 Å². The number of carbonyl (C=O) groups excluding carboxylic acids is 1. The lowest BCUT2D eigenvalue weighted by molar-refractivity contribution is -0.134. The molecule has 22 heavy (non-hydrogen) atoms. The molecule has 1 aromatic carbocycles. The fraction of sp³-hybridized carbons (Fsp3) is 0.462. The summed E-state index contributed by atoms with van der Waals surface area (Å²) in [5.74, 6) is -0.560. The summed E-state index contributed by atoms with van der Waals surface area (Å²) in [7, 11) is 0. The van der Waals surface area contributed by atoms with Crippen LogP contribution < -0.4 is 15.4 Å². The first-order valence-electron chi connectivity index (χ1n) is 6.50. The number of carbonyl (C=O) groups is 1. The minimum Gasteiger partial charge on any atom is -0.433 e. The van der Waals surface area contributed by atoms with Crippen LogP contribution in [0.15, 0.2) is 12.1 Å². The molecule has 0 saturated carbocycles. The molecule has 1 saturated heterocycles. The number of nitrogens with one attached hydrogen (secondary N) is 2. The van der Waals surface area contributed by atoms with E-state index in [9.17, 15) is 13.6 Å². The van der Waals surface area contributed by atoms with Crippen LogP contribution in [0, 0.1) is 0 Å². The van der Waals surface area contributed by atoms with Crippen LogP contribution in [0.4, 0.5) is 8.78 Å². The molecule has 1 aliphatic heterocycles. The molecule has 0 bridgehead atoms. The maximum absolute atomic E-state index is 12.4. The Morgan fingerprint density at radius 2 is 2.27 bits per heavy atom. The molecule has 0 aliphatic carbocycles. The van der Waals surface area contributed by atoms with E-state index in [0.29, 0.717) is 19.7 Å². The SMILES string of the molecule is O=C(NCc1cc(Cl)cc(Cl)c1OC(F)F)C1CNCCO1. The molecule has 0 aromatic heterocycles. The molecule has 1 unspecified atom stereocenters. The van der Waals surface area contributed by atoms with Crippen molar-refractivity contribution in [3.8, 4) is 5.75 Å². The molecule has 122 valence electrons. The fourth-order valence-corrected chi connectivity index (χ4v) is 2.58. The van der Waals surface area contributed by atoms with Crippen molar-refractivity contribution in [2.24, 2.45) is 0 Å². The van der Waals surface area contributed by atoms with Crippen molar-refractivity contribution in [2.75, 3.05) is 19.7 Å². The van der Waals surface area contributed by atoms with Crippen LogP contribution in [0.3, 0.4) is 0 Å². The maximum Gasteiger partial charge on any atom is 0.387 e. The summed E-state index contributed by atoms with van der Waals surface area (Å²) < 4.78 is 34.6. The Labute approximate surface area is 135 Å². The first-order valence-corrected chi connectivity index (χ1v) is 7.25. The van der Waals surface area contributed by atoms with Gasteiger partial charge in [-0.2, -0.15) is 8.78 Å². The van der Waals surface area contributed by atoms with Crippen LogP contribution in [-0.4, -0.2) is 38.3 Å². The summed E-state index contributed by atoms with van der Waals surface area (Å²) in [4.78, 5) is 11.9. The summed E-state index contributed by atoms with van der Waals surface area (Å²) in [6.07, 6.45) is -0.622. The number of benzene rings is 1. The second-order valence-corrected chi connectivity index (χ2v) is 5.38. The highest BCUT2D eigenvalue weighted by atomic mass is 35.5. The zero-order valence-corrected chi connectivity index (χ0v) is 12.9. The van der Waals surface area contributed by atoms with Crippen molar-refractivity contribution in [3.05, 3.63) is 27.7 Å². The molecule has 0 spiro atoms. The van der Waals surface area contributed by atoms with Crippen molar-refractivity contribution in [1.29, 1.82) is 0 Å². The lowest BCUT2D eigenvalue weighted by atomic mass is 10.2. The summed E-state index contributed by atoms with van der Waals surface area (Å²) in [6, 6.07) is 2.70. The van der Waals surface area contributed by atoms with E-state index >= 15 is 0 Å². The number of ether oxygens (including phenoxy) is 2. The largest absolute Gasteiger partial charge is 0.433 e. The maximum atomic E-state index is 12.4. The Balaban J connectivity index is 2.06. The third-order valence-corrected chi connectivity index (χ3v) is 3.46. The van der Waals surface area contributed by atoms with Crippen LogP contribution in [0.25, 0.3) is 0 Å². The summed E-state index contributed by atoms with van der Waals surface area (Å²) in [6.45, 7) is -1.58. The van der Waals surface area contributed by atoms with Crippen molar-refractivity contribution in [2.45, 2.75) is 19.3 Å². The predicted octanol–water partition coefficient (Wildman–Crippen LogP) is 2.20. The van der Waals surface area contributed by atoms with E-state index in [-0.39, 0.29) is 33.8 Å². The number of alkyl halides is 2. The molecule has 1 fully saturated rings. The van der Waals surface area contributed by atoms with E-state index in [1.165, 1.54) is 12.1 Å². The normalized spacial score (nSPS) is 18.3. The molecule has 0 radical (unpaired) electrons. The Morgan fingerprint density at radius 1 is 1.50 bits per heavy atom. The number of hydrogen-bond acceptors (Lipinski definition) is 4. The first kappa shape index (κ1) is 17.2. The lowest BCUT2D eigenvalue weighted by Crippen LogP contribution is -2.47. The highest BCUT2D eigenvalue weighted by molar-refractivity contribution is 6.35. The standard InChI is InChI=1S/C13H14Cl2F2N2O3/c14-8-3-7(11(9(15)4-8)22-13(16)17)5-19-12(20)10-6-18-1-2-21-10/h3-4,10,13,18H,1-2,5-6H2,(H,19,20). The van der Waals surface area contributed by atoms with Gasteiger partial charge in [-0.3, -0.25) is 4.79 Å². The molecular weight excluding hydrogens is 341 g/mol. The van der Waals surface area contributed by atoms with Gasteiger partial charge >= 0.3 is 6.61 Å². The van der Waals surface area contributed by atoms with Gasteiger partial charge in [-0.05, 0) is 12.1 Å². The van der Waals surface area contributed by atoms with E-state index in [2.05, 4.69) is 15.4 Å². The Morgan fingerprint density at radius 3 is 2.91 bits per heavy atom. The smallest absolute Gasteiger partial charge is 0.387 e. The van der Waals surface area contributed by atoms with Gasteiger partial charge in [-0.25, -0.2) is 0 Å². The summed E-state index contributed by atoms with van der Waals surface area (Å²) in [5.41, 5.74) is 0.259. The van der Waals surface area contributed by atoms with Gasteiger partial charge in [-0.1, -0.05) is 23.2 Å². The molecule has 1 heterocycles. The van der Waals surface area contributed by atoms with Crippen molar-refractivity contribution >= 4 is 29.1 Å². The van der Waals surface area contributed by atoms with Crippen LogP contribution in [0.2, 0.25) is 10.0 Å². The quantitative estimate of drug-likeness (QED) is 0.850. The minimum absolute atomic E-state index is 0.0485. The molecule has 1 aromatic rings. The fourth-order valence-electron chi connectivity index (χ4n) is 2.00. The second kappa shape index (κ2) is 7.92. The van der Waals surface area contributed by atoms with Crippen LogP contribution in [0.1, 0.15) is 5.56 Å². The third-order valence-electron chi connectivity index (χ3n) is 2.97. The van der Waals surface area contributed by atoms with E-state index in [0.717, 1.165) is 0 Å². The van der Waals surface area contributed by atoms with Crippen molar-refractivity contribution in [3.63, 3.8) is 0 Å². The Hall–Kier alpha value is -1.15. The molecule has 2 N–H and O–H groups in total. The zero-order chi connectivity index (χ0) is 16.1. The van der Waals surface area contributed by atoms with Gasteiger partial charge < -0.3 is 20.1 Å². The molecule has 1 aliphatic rings. The van der Waals surface area contributed by atoms with E-state index in [1.807, 2.05) is 0 Å². The zero-order valence-electron chi connectivity index (χ0n) is 11.4. The second-order valence-electron chi connectivity index (χ2n) is 4.54. The number of halogens is 4. The van der Waals surface area contributed by atoms with Gasteiger partial charge in [0.1, 0.15) is 11.9 Å². The van der Waals surface area contributed by atoms with Gasteiger partial charge in [0.15, 0.2) is 0 Å². The monoisotopic (exact) mass is 354 g/mol. The third kappa shape index (κ3) is 4.67. The van der Waals surface area contributed by atoms with E-state index < -0.39 is 12.7 Å². The van der Waals surface area contributed by atoms with Gasteiger partial charge in [0, 0.05) is 30.2 Å². The Bertz CT molecular complexity index is 540. The highest BCUT2D eigenvalue weighted by Gasteiger charge is 2.22. The molecular formula is C13H14Cl2F2N2O3. The molecule has 2 rings (SSSR count). The van der Waals surface area contributed by atoms with Crippen LogP contribution in [0.5, 0.6) is 5.75 Å². The van der Waals surface area contributed by atoms with E-state index in [1.54, 1.807) is 0 Å².